The van der Waals surface area contributed by atoms with Crippen LogP contribution in [0.25, 0.3) is 10.9 Å². The lowest BCUT2D eigenvalue weighted by molar-refractivity contribution is 0.982. The third-order valence-electron chi connectivity index (χ3n) is 2.69. The number of nitrogens with zero attached hydrogens (tertiary/aromatic N) is 1. The molecule has 1 nitrogen and oxygen atoms in total. The van der Waals surface area contributed by atoms with E-state index in [1.807, 2.05) is 18.2 Å². The minimum atomic E-state index is 0.789. The average molecular weight is 220 g/mol. The van der Waals surface area contributed by atoms with Crippen molar-refractivity contribution in [3.63, 3.8) is 0 Å². The number of halogens is 1. The Hall–Kier alpha value is -1.08. The number of aryl methyl sites for hydroxylation is 2. The van der Waals surface area contributed by atoms with Gasteiger partial charge in [-0.05, 0) is 36.6 Å². The zero-order chi connectivity index (χ0) is 10.8. The fourth-order valence-electron chi connectivity index (χ4n) is 1.85. The second kappa shape index (κ2) is 4.19. The highest BCUT2D eigenvalue weighted by molar-refractivity contribution is 6.35. The maximum atomic E-state index is 6.14. The minimum absolute atomic E-state index is 0.789. The van der Waals surface area contributed by atoms with Gasteiger partial charge < -0.3 is 0 Å². The summed E-state index contributed by atoms with van der Waals surface area (Å²) in [5.41, 5.74) is 3.49. The zero-order valence-electron chi connectivity index (χ0n) is 9.05. The number of hydrogen-bond acceptors (Lipinski definition) is 1. The van der Waals surface area contributed by atoms with Crippen molar-refractivity contribution < 1.29 is 0 Å². The van der Waals surface area contributed by atoms with Gasteiger partial charge in [0.1, 0.15) is 0 Å². The van der Waals surface area contributed by atoms with Crippen molar-refractivity contribution in [3.8, 4) is 0 Å². The standard InChI is InChI=1S/C13H14ClN/c1-3-9-8-10-11(14)6-5-7-13(10)15-12(9)4-2/h5-8H,3-4H2,1-2H3. The first-order valence-corrected chi connectivity index (χ1v) is 5.71. The molecule has 2 heteroatoms. The SMILES string of the molecule is CCc1cc2c(Cl)cccc2nc1CC. The first-order chi connectivity index (χ1) is 7.26. The summed E-state index contributed by atoms with van der Waals surface area (Å²) in [6.45, 7) is 4.29. The molecule has 0 spiro atoms. The van der Waals surface area contributed by atoms with Gasteiger partial charge in [-0.15, -0.1) is 0 Å². The van der Waals surface area contributed by atoms with Crippen LogP contribution in [0.1, 0.15) is 25.1 Å². The Morgan fingerprint density at radius 2 is 2.00 bits per heavy atom. The van der Waals surface area contributed by atoms with E-state index in [0.717, 1.165) is 28.8 Å². The van der Waals surface area contributed by atoms with Crippen LogP contribution in [0.2, 0.25) is 5.02 Å². The van der Waals surface area contributed by atoms with Crippen LogP contribution in [0.3, 0.4) is 0 Å². The lowest BCUT2D eigenvalue weighted by Crippen LogP contribution is -1.96. The smallest absolute Gasteiger partial charge is 0.0720 e. The van der Waals surface area contributed by atoms with E-state index in [1.165, 1.54) is 11.3 Å². The van der Waals surface area contributed by atoms with Crippen molar-refractivity contribution in [2.75, 3.05) is 0 Å². The molecule has 0 aliphatic rings. The van der Waals surface area contributed by atoms with E-state index in [2.05, 4.69) is 24.9 Å². The van der Waals surface area contributed by atoms with Gasteiger partial charge in [0, 0.05) is 16.1 Å². The van der Waals surface area contributed by atoms with Crippen LogP contribution in [0.5, 0.6) is 0 Å². The summed E-state index contributed by atoms with van der Waals surface area (Å²) in [4.78, 5) is 4.64. The molecule has 2 rings (SSSR count). The van der Waals surface area contributed by atoms with Gasteiger partial charge in [0.2, 0.25) is 0 Å². The van der Waals surface area contributed by atoms with Crippen molar-refractivity contribution in [3.05, 3.63) is 40.5 Å². The summed E-state index contributed by atoms with van der Waals surface area (Å²) < 4.78 is 0. The number of pyridine rings is 1. The quantitative estimate of drug-likeness (QED) is 0.744. The summed E-state index contributed by atoms with van der Waals surface area (Å²) >= 11 is 6.14. The topological polar surface area (TPSA) is 12.9 Å². The Labute approximate surface area is 95.1 Å². The summed E-state index contributed by atoms with van der Waals surface area (Å²) in [7, 11) is 0. The Kier molecular flexibility index (Phi) is 2.92. The molecule has 0 atom stereocenters. The lowest BCUT2D eigenvalue weighted by Gasteiger charge is -2.08. The molecule has 0 aliphatic heterocycles. The lowest BCUT2D eigenvalue weighted by atomic mass is 10.1. The number of fused-ring (bicyclic) bond motifs is 1. The highest BCUT2D eigenvalue weighted by Crippen LogP contribution is 2.24. The van der Waals surface area contributed by atoms with Crippen molar-refractivity contribution in [1.29, 1.82) is 0 Å². The van der Waals surface area contributed by atoms with Gasteiger partial charge in [0.25, 0.3) is 0 Å². The van der Waals surface area contributed by atoms with E-state index in [-0.39, 0.29) is 0 Å². The highest BCUT2D eigenvalue weighted by atomic mass is 35.5. The maximum absolute atomic E-state index is 6.14. The highest BCUT2D eigenvalue weighted by Gasteiger charge is 2.05. The third kappa shape index (κ3) is 1.84. The molecule has 0 aliphatic carbocycles. The molecule has 1 aromatic heterocycles. The van der Waals surface area contributed by atoms with Crippen molar-refractivity contribution in [2.45, 2.75) is 26.7 Å². The molecule has 0 saturated carbocycles. The Morgan fingerprint density at radius 1 is 1.20 bits per heavy atom. The Balaban J connectivity index is 2.75. The van der Waals surface area contributed by atoms with Gasteiger partial charge in [-0.2, -0.15) is 0 Å². The predicted molar refractivity (Wildman–Crippen MR) is 65.5 cm³/mol. The maximum Gasteiger partial charge on any atom is 0.0720 e. The molecule has 0 unspecified atom stereocenters. The van der Waals surface area contributed by atoms with E-state index in [1.54, 1.807) is 0 Å². The molecule has 0 bridgehead atoms. The third-order valence-corrected chi connectivity index (χ3v) is 3.02. The van der Waals surface area contributed by atoms with Crippen molar-refractivity contribution in [1.82, 2.24) is 4.98 Å². The largest absolute Gasteiger partial charge is 0.253 e. The fraction of sp³-hybridized carbons (Fsp3) is 0.308. The summed E-state index contributed by atoms with van der Waals surface area (Å²) in [6.07, 6.45) is 1.99. The Morgan fingerprint density at radius 3 is 2.67 bits per heavy atom. The van der Waals surface area contributed by atoms with Crippen LogP contribution in [-0.2, 0) is 12.8 Å². The molecular weight excluding hydrogens is 206 g/mol. The van der Waals surface area contributed by atoms with Gasteiger partial charge in [-0.1, -0.05) is 31.5 Å². The molecule has 1 aromatic carbocycles. The average Bonchev–Trinajstić information content (AvgIpc) is 2.28. The number of rotatable bonds is 2. The first kappa shape index (κ1) is 10.4. The molecule has 15 heavy (non-hydrogen) atoms. The van der Waals surface area contributed by atoms with E-state index in [9.17, 15) is 0 Å². The molecule has 78 valence electrons. The normalized spacial score (nSPS) is 10.9. The second-order valence-electron chi connectivity index (χ2n) is 3.61. The van der Waals surface area contributed by atoms with Crippen LogP contribution < -0.4 is 0 Å². The molecule has 0 fully saturated rings. The fourth-order valence-corrected chi connectivity index (χ4v) is 2.08. The Bertz CT molecular complexity index is 491. The summed E-state index contributed by atoms with van der Waals surface area (Å²) in [5.74, 6) is 0. The van der Waals surface area contributed by atoms with Gasteiger partial charge in [-0.25, -0.2) is 0 Å². The molecule has 0 saturated heterocycles. The van der Waals surface area contributed by atoms with Crippen LogP contribution in [-0.4, -0.2) is 4.98 Å². The molecule has 0 radical (unpaired) electrons. The van der Waals surface area contributed by atoms with Crippen molar-refractivity contribution >= 4 is 22.5 Å². The van der Waals surface area contributed by atoms with Gasteiger partial charge in [0.05, 0.1) is 5.52 Å². The van der Waals surface area contributed by atoms with E-state index >= 15 is 0 Å². The van der Waals surface area contributed by atoms with Crippen LogP contribution in [0.15, 0.2) is 24.3 Å². The van der Waals surface area contributed by atoms with Crippen LogP contribution in [0, 0.1) is 0 Å². The molecule has 0 N–H and O–H groups in total. The van der Waals surface area contributed by atoms with Gasteiger partial charge in [-0.3, -0.25) is 4.98 Å². The second-order valence-corrected chi connectivity index (χ2v) is 4.02. The first-order valence-electron chi connectivity index (χ1n) is 5.33. The molecule has 1 heterocycles. The van der Waals surface area contributed by atoms with Crippen LogP contribution >= 0.6 is 11.6 Å². The van der Waals surface area contributed by atoms with E-state index in [4.69, 9.17) is 11.6 Å². The van der Waals surface area contributed by atoms with Crippen LogP contribution in [0.4, 0.5) is 0 Å². The summed E-state index contributed by atoms with van der Waals surface area (Å²) in [6, 6.07) is 8.04. The minimum Gasteiger partial charge on any atom is -0.253 e. The zero-order valence-corrected chi connectivity index (χ0v) is 9.80. The van der Waals surface area contributed by atoms with Crippen molar-refractivity contribution in [2.24, 2.45) is 0 Å². The summed E-state index contributed by atoms with van der Waals surface area (Å²) in [5, 5.41) is 1.85. The molecular formula is C13H14ClN. The number of aromatic nitrogens is 1. The number of hydrogen-bond donors (Lipinski definition) is 0. The van der Waals surface area contributed by atoms with Gasteiger partial charge in [0.15, 0.2) is 0 Å². The number of benzene rings is 1. The van der Waals surface area contributed by atoms with E-state index in [0.29, 0.717) is 0 Å². The molecule has 2 aromatic rings. The monoisotopic (exact) mass is 219 g/mol. The van der Waals surface area contributed by atoms with Gasteiger partial charge >= 0.3 is 0 Å². The predicted octanol–water partition coefficient (Wildman–Crippen LogP) is 4.01. The molecule has 0 amide bonds. The van der Waals surface area contributed by atoms with E-state index < -0.39 is 0 Å².